The molecule has 0 saturated carbocycles. The molecule has 0 aliphatic rings. The number of carbonyl (C=O) groups is 1. The van der Waals surface area contributed by atoms with E-state index in [4.69, 9.17) is 0 Å². The maximum absolute atomic E-state index is 11.9. The summed E-state index contributed by atoms with van der Waals surface area (Å²) in [6.07, 6.45) is 0.947. The molecule has 0 spiro atoms. The van der Waals surface area contributed by atoms with Crippen LogP contribution in [0, 0.1) is 0 Å². The highest BCUT2D eigenvalue weighted by molar-refractivity contribution is 9.10. The van der Waals surface area contributed by atoms with Gasteiger partial charge in [0.25, 0.3) is 0 Å². The SMILES string of the molecule is CCc1cccc(NC(=O)Nc2cccc(Br)c2)c1. The Morgan fingerprint density at radius 3 is 2.32 bits per heavy atom. The zero-order valence-electron chi connectivity index (χ0n) is 10.6. The molecule has 0 unspecified atom stereocenters. The van der Waals surface area contributed by atoms with Gasteiger partial charge >= 0.3 is 6.03 Å². The summed E-state index contributed by atoms with van der Waals surface area (Å²) in [7, 11) is 0. The Kier molecular flexibility index (Phi) is 4.58. The Balaban J connectivity index is 2.01. The van der Waals surface area contributed by atoms with Crippen molar-refractivity contribution in [3.8, 4) is 0 Å². The summed E-state index contributed by atoms with van der Waals surface area (Å²) in [4.78, 5) is 11.9. The Bertz CT molecular complexity index is 584. The monoisotopic (exact) mass is 318 g/mol. The van der Waals surface area contributed by atoms with E-state index in [1.54, 1.807) is 0 Å². The normalized spacial score (nSPS) is 10.0. The molecule has 98 valence electrons. The minimum Gasteiger partial charge on any atom is -0.308 e. The standard InChI is InChI=1S/C15H15BrN2O/c1-2-11-5-3-7-13(9-11)17-15(19)18-14-8-4-6-12(16)10-14/h3-10H,2H2,1H3,(H2,17,18,19). The van der Waals surface area contributed by atoms with Crippen LogP contribution in [0.15, 0.2) is 53.0 Å². The summed E-state index contributed by atoms with van der Waals surface area (Å²) in [6.45, 7) is 2.08. The number of urea groups is 1. The molecule has 0 atom stereocenters. The van der Waals surface area contributed by atoms with Gasteiger partial charge in [-0.05, 0) is 42.3 Å². The average molecular weight is 319 g/mol. The van der Waals surface area contributed by atoms with E-state index >= 15 is 0 Å². The fourth-order valence-electron chi connectivity index (χ4n) is 1.73. The van der Waals surface area contributed by atoms with Crippen LogP contribution in [0.1, 0.15) is 12.5 Å². The maximum atomic E-state index is 11.9. The Hall–Kier alpha value is -1.81. The lowest BCUT2D eigenvalue weighted by Crippen LogP contribution is -2.19. The minimum absolute atomic E-state index is 0.244. The number of aryl methyl sites for hydroxylation is 1. The van der Waals surface area contributed by atoms with Crippen molar-refractivity contribution in [1.29, 1.82) is 0 Å². The van der Waals surface area contributed by atoms with Crippen LogP contribution < -0.4 is 10.6 Å². The molecule has 4 heteroatoms. The zero-order valence-corrected chi connectivity index (χ0v) is 12.2. The summed E-state index contributed by atoms with van der Waals surface area (Å²) in [5.74, 6) is 0. The molecule has 0 heterocycles. The van der Waals surface area contributed by atoms with Crippen LogP contribution in [-0.2, 0) is 6.42 Å². The predicted molar refractivity (Wildman–Crippen MR) is 82.6 cm³/mol. The topological polar surface area (TPSA) is 41.1 Å². The van der Waals surface area contributed by atoms with Gasteiger partial charge in [-0.2, -0.15) is 0 Å². The number of amides is 2. The molecule has 0 fully saturated rings. The molecule has 0 saturated heterocycles. The molecule has 0 bridgehead atoms. The van der Waals surface area contributed by atoms with Gasteiger partial charge in [0.2, 0.25) is 0 Å². The first-order valence-corrected chi connectivity index (χ1v) is 6.89. The molecule has 0 aliphatic heterocycles. The van der Waals surface area contributed by atoms with Crippen molar-refractivity contribution in [3.63, 3.8) is 0 Å². The lowest BCUT2D eigenvalue weighted by Gasteiger charge is -2.08. The van der Waals surface area contributed by atoms with Crippen molar-refractivity contribution in [3.05, 3.63) is 58.6 Å². The molecule has 0 aliphatic carbocycles. The van der Waals surface area contributed by atoms with Gasteiger partial charge in [-0.15, -0.1) is 0 Å². The molecule has 19 heavy (non-hydrogen) atoms. The molecule has 2 rings (SSSR count). The number of hydrogen-bond acceptors (Lipinski definition) is 1. The van der Waals surface area contributed by atoms with E-state index in [0.29, 0.717) is 0 Å². The van der Waals surface area contributed by atoms with Gasteiger partial charge in [0.15, 0.2) is 0 Å². The third-order valence-corrected chi connectivity index (χ3v) is 3.17. The van der Waals surface area contributed by atoms with Crippen LogP contribution in [0.4, 0.5) is 16.2 Å². The van der Waals surface area contributed by atoms with E-state index in [-0.39, 0.29) is 6.03 Å². The van der Waals surface area contributed by atoms with Crippen molar-refractivity contribution in [2.45, 2.75) is 13.3 Å². The molecule has 2 aromatic rings. The minimum atomic E-state index is -0.244. The molecular weight excluding hydrogens is 304 g/mol. The van der Waals surface area contributed by atoms with Crippen molar-refractivity contribution in [2.75, 3.05) is 10.6 Å². The van der Waals surface area contributed by atoms with Gasteiger partial charge < -0.3 is 10.6 Å². The number of benzene rings is 2. The maximum Gasteiger partial charge on any atom is 0.323 e. The van der Waals surface area contributed by atoms with Crippen molar-refractivity contribution in [2.24, 2.45) is 0 Å². The quantitative estimate of drug-likeness (QED) is 0.849. The number of rotatable bonds is 3. The Labute approximate surface area is 121 Å². The zero-order chi connectivity index (χ0) is 13.7. The predicted octanol–water partition coefficient (Wildman–Crippen LogP) is 4.66. The van der Waals surface area contributed by atoms with Crippen molar-refractivity contribution in [1.82, 2.24) is 0 Å². The van der Waals surface area contributed by atoms with Gasteiger partial charge in [0.05, 0.1) is 0 Å². The van der Waals surface area contributed by atoms with Crippen LogP contribution in [0.3, 0.4) is 0 Å². The summed E-state index contributed by atoms with van der Waals surface area (Å²) >= 11 is 3.37. The first kappa shape index (κ1) is 13.6. The third kappa shape index (κ3) is 4.10. The smallest absolute Gasteiger partial charge is 0.308 e. The second kappa shape index (κ2) is 6.38. The number of halogens is 1. The summed E-state index contributed by atoms with van der Waals surface area (Å²) in [5, 5.41) is 5.61. The van der Waals surface area contributed by atoms with E-state index < -0.39 is 0 Å². The summed E-state index contributed by atoms with van der Waals surface area (Å²) in [5.41, 5.74) is 2.74. The van der Waals surface area contributed by atoms with Crippen LogP contribution in [0.25, 0.3) is 0 Å². The highest BCUT2D eigenvalue weighted by atomic mass is 79.9. The van der Waals surface area contributed by atoms with Gasteiger partial charge in [0.1, 0.15) is 0 Å². The number of nitrogens with one attached hydrogen (secondary N) is 2. The average Bonchev–Trinajstić information content (AvgIpc) is 2.38. The summed E-state index contributed by atoms with van der Waals surface area (Å²) < 4.78 is 0.929. The lowest BCUT2D eigenvalue weighted by atomic mass is 10.1. The second-order valence-electron chi connectivity index (χ2n) is 4.14. The fourth-order valence-corrected chi connectivity index (χ4v) is 2.13. The van der Waals surface area contributed by atoms with E-state index in [9.17, 15) is 4.79 Å². The highest BCUT2D eigenvalue weighted by Gasteiger charge is 2.03. The number of anilines is 2. The van der Waals surface area contributed by atoms with Crippen LogP contribution in [0.5, 0.6) is 0 Å². The molecule has 3 nitrogen and oxygen atoms in total. The van der Waals surface area contributed by atoms with Crippen LogP contribution >= 0.6 is 15.9 Å². The van der Waals surface area contributed by atoms with E-state index in [0.717, 1.165) is 22.3 Å². The van der Waals surface area contributed by atoms with E-state index in [1.807, 2.05) is 48.5 Å². The van der Waals surface area contributed by atoms with Gasteiger partial charge in [-0.3, -0.25) is 0 Å². The third-order valence-electron chi connectivity index (χ3n) is 2.68. The van der Waals surface area contributed by atoms with Gasteiger partial charge in [-0.25, -0.2) is 4.79 Å². The van der Waals surface area contributed by atoms with Crippen LogP contribution in [-0.4, -0.2) is 6.03 Å². The summed E-state index contributed by atoms with van der Waals surface area (Å²) in [6, 6.07) is 15.1. The van der Waals surface area contributed by atoms with Gasteiger partial charge in [0, 0.05) is 15.8 Å². The van der Waals surface area contributed by atoms with Crippen molar-refractivity contribution >= 4 is 33.3 Å². The molecule has 2 N–H and O–H groups in total. The van der Waals surface area contributed by atoms with E-state index in [1.165, 1.54) is 5.56 Å². The molecular formula is C15H15BrN2O. The Morgan fingerprint density at radius 2 is 1.68 bits per heavy atom. The first-order valence-electron chi connectivity index (χ1n) is 6.10. The van der Waals surface area contributed by atoms with E-state index in [2.05, 4.69) is 33.5 Å². The molecule has 2 amide bonds. The van der Waals surface area contributed by atoms with Gasteiger partial charge in [-0.1, -0.05) is 41.1 Å². The second-order valence-corrected chi connectivity index (χ2v) is 5.06. The number of hydrogen-bond donors (Lipinski definition) is 2. The number of carbonyl (C=O) groups excluding carboxylic acids is 1. The largest absolute Gasteiger partial charge is 0.323 e. The first-order chi connectivity index (χ1) is 9.17. The molecule has 0 aromatic heterocycles. The molecule has 0 radical (unpaired) electrons. The Morgan fingerprint density at radius 1 is 1.05 bits per heavy atom. The molecule has 2 aromatic carbocycles. The fraction of sp³-hybridized carbons (Fsp3) is 0.133. The van der Waals surface area contributed by atoms with Crippen molar-refractivity contribution < 1.29 is 4.79 Å². The van der Waals surface area contributed by atoms with Crippen LogP contribution in [0.2, 0.25) is 0 Å². The lowest BCUT2D eigenvalue weighted by molar-refractivity contribution is 0.262. The highest BCUT2D eigenvalue weighted by Crippen LogP contribution is 2.16.